The van der Waals surface area contributed by atoms with Crippen molar-refractivity contribution in [2.45, 2.75) is 136 Å². The van der Waals surface area contributed by atoms with Crippen molar-refractivity contribution >= 4 is 46.9 Å². The first-order valence-electron chi connectivity index (χ1n) is 18.4. The maximum Gasteiger partial charge on any atom is 0.309 e. The zero-order valence-corrected chi connectivity index (χ0v) is 31.8. The molecule has 4 heterocycles. The number of rotatable bonds is 6. The third kappa shape index (κ3) is 9.24. The molecule has 12 heteroatoms. The fraction of sp³-hybridized carbons (Fsp3) is 0.692. The van der Waals surface area contributed by atoms with Crippen molar-refractivity contribution in [3.05, 3.63) is 33.8 Å². The number of amides is 2. The number of ketones is 1. The Morgan fingerprint density at radius 3 is 2.37 bits per heavy atom. The predicted octanol–water partition coefficient (Wildman–Crippen LogP) is 5.76. The number of hydrogen-bond donors (Lipinski definition) is 1. The Balaban J connectivity index is 1.28. The number of thiazole rings is 1. The molecule has 5 rings (SSSR count). The second kappa shape index (κ2) is 15.8. The molecular formula is C39H54N2O9S. The Bertz CT molecular complexity index is 1540. The van der Waals surface area contributed by atoms with Crippen LogP contribution in [0.1, 0.15) is 110 Å². The van der Waals surface area contributed by atoms with Crippen LogP contribution in [-0.2, 0) is 38.2 Å². The molecule has 0 bridgehead atoms. The molecule has 1 aromatic rings. The van der Waals surface area contributed by atoms with Gasteiger partial charge in [-0.25, -0.2) is 4.98 Å². The van der Waals surface area contributed by atoms with Crippen molar-refractivity contribution in [2.24, 2.45) is 29.1 Å². The number of fused-ring (bicyclic) bond motifs is 1. The topological polar surface area (TPSA) is 153 Å². The fourth-order valence-electron chi connectivity index (χ4n) is 7.95. The molecule has 2 amide bonds. The second-order valence-electron chi connectivity index (χ2n) is 16.0. The van der Waals surface area contributed by atoms with Crippen LogP contribution in [0.5, 0.6) is 0 Å². The van der Waals surface area contributed by atoms with Crippen LogP contribution >= 0.6 is 11.3 Å². The van der Waals surface area contributed by atoms with Crippen molar-refractivity contribution in [3.63, 3.8) is 0 Å². The van der Waals surface area contributed by atoms with Crippen LogP contribution in [-0.4, -0.2) is 81.1 Å². The van der Waals surface area contributed by atoms with Gasteiger partial charge in [0, 0.05) is 30.5 Å². The lowest BCUT2D eigenvalue weighted by Gasteiger charge is -2.37. The van der Waals surface area contributed by atoms with E-state index >= 15 is 0 Å². The number of nitrogens with zero attached hydrogens (tertiary/aromatic N) is 2. The van der Waals surface area contributed by atoms with Gasteiger partial charge in [0.15, 0.2) is 0 Å². The SMILES string of the molecule is C/C(=C\c1csc(C)n1)[C@@H]1C[C@@H]2O[C@]2(C)CCC[C@H](C)[C@H](OC(=O)C2CCC(CN3C(=O)C=CC3=O)CC2)[C@@H](C)C(=O)C(C)(C)[C@@H](O)CC(=O)O1. The van der Waals surface area contributed by atoms with Gasteiger partial charge in [0.25, 0.3) is 11.8 Å². The number of aromatic nitrogens is 1. The van der Waals surface area contributed by atoms with Gasteiger partial charge in [0.2, 0.25) is 0 Å². The average molecular weight is 727 g/mol. The molecule has 1 aliphatic carbocycles. The Morgan fingerprint density at radius 1 is 1.08 bits per heavy atom. The number of carbonyl (C=O) groups is 5. The van der Waals surface area contributed by atoms with E-state index in [-0.39, 0.29) is 53.8 Å². The average Bonchev–Trinajstić information content (AvgIpc) is 3.33. The van der Waals surface area contributed by atoms with Gasteiger partial charge in [-0.3, -0.25) is 28.9 Å². The molecule has 2 saturated heterocycles. The highest BCUT2D eigenvalue weighted by molar-refractivity contribution is 7.09. The zero-order chi connectivity index (χ0) is 37.2. The van der Waals surface area contributed by atoms with E-state index in [0.717, 1.165) is 29.1 Å². The van der Waals surface area contributed by atoms with Gasteiger partial charge in [-0.05, 0) is 82.8 Å². The normalized spacial score (nSPS) is 35.4. The molecular weight excluding hydrogens is 673 g/mol. The second-order valence-corrected chi connectivity index (χ2v) is 17.1. The minimum absolute atomic E-state index is 0.116. The molecule has 4 aliphatic rings. The van der Waals surface area contributed by atoms with Crippen molar-refractivity contribution in [1.29, 1.82) is 0 Å². The summed E-state index contributed by atoms with van der Waals surface area (Å²) in [5, 5.41) is 14.2. The van der Waals surface area contributed by atoms with Gasteiger partial charge >= 0.3 is 11.9 Å². The summed E-state index contributed by atoms with van der Waals surface area (Å²) < 4.78 is 18.4. The highest BCUT2D eigenvalue weighted by Crippen LogP contribution is 2.45. The number of cyclic esters (lactones) is 1. The number of imide groups is 1. The number of hydrogen-bond acceptors (Lipinski definition) is 11. The number of aliphatic hydroxyl groups excluding tert-OH is 1. The summed E-state index contributed by atoms with van der Waals surface area (Å²) in [5.74, 6) is -2.99. The molecule has 0 aromatic carbocycles. The van der Waals surface area contributed by atoms with Crippen molar-refractivity contribution in [1.82, 2.24) is 9.88 Å². The van der Waals surface area contributed by atoms with Gasteiger partial charge in [0.05, 0.1) is 52.2 Å². The maximum absolute atomic E-state index is 14.1. The number of aryl methyl sites for hydroxylation is 1. The molecule has 280 valence electrons. The molecule has 0 unspecified atom stereocenters. The van der Waals surface area contributed by atoms with Crippen LogP contribution in [0.2, 0.25) is 0 Å². The molecule has 3 fully saturated rings. The van der Waals surface area contributed by atoms with Crippen molar-refractivity contribution in [3.8, 4) is 0 Å². The first kappa shape index (κ1) is 39.0. The Kier molecular flexibility index (Phi) is 12.1. The predicted molar refractivity (Wildman–Crippen MR) is 191 cm³/mol. The summed E-state index contributed by atoms with van der Waals surface area (Å²) in [6.07, 6.45) is 6.55. The molecule has 1 N–H and O–H groups in total. The van der Waals surface area contributed by atoms with Gasteiger partial charge in [-0.1, -0.05) is 34.1 Å². The monoisotopic (exact) mass is 726 g/mol. The Morgan fingerprint density at radius 2 is 1.75 bits per heavy atom. The largest absolute Gasteiger partial charge is 0.461 e. The molecule has 1 aromatic heterocycles. The van der Waals surface area contributed by atoms with E-state index in [1.54, 1.807) is 32.1 Å². The maximum atomic E-state index is 14.1. The lowest BCUT2D eigenvalue weighted by Crippen LogP contribution is -2.47. The van der Waals surface area contributed by atoms with Crippen LogP contribution in [0.15, 0.2) is 23.1 Å². The molecule has 1 saturated carbocycles. The first-order valence-corrected chi connectivity index (χ1v) is 19.3. The van der Waals surface area contributed by atoms with Crippen molar-refractivity contribution in [2.75, 3.05) is 6.54 Å². The standard InChI is InChI=1S/C39H54N2O9S/c1-22-9-8-16-39(7)31(50-39)18-29(23(2)17-28-21-51-25(4)40-28)48-34(45)19-30(42)38(5,6)36(46)24(3)35(22)49-37(47)27-12-10-26(11-13-27)20-41-32(43)14-15-33(41)44/h14-15,17,21-22,24,26-27,29-31,35,42H,8-13,16,18-20H2,1-7H3/b23-17+/t22-,24+,26?,27?,29-,30-,31-,35-,39+/m0/s1. The minimum Gasteiger partial charge on any atom is -0.461 e. The molecule has 3 aliphatic heterocycles. The van der Waals surface area contributed by atoms with E-state index in [4.69, 9.17) is 14.2 Å². The lowest BCUT2D eigenvalue weighted by molar-refractivity contribution is -0.166. The zero-order valence-electron chi connectivity index (χ0n) is 31.0. The van der Waals surface area contributed by atoms with E-state index in [0.29, 0.717) is 45.1 Å². The minimum atomic E-state index is -1.33. The van der Waals surface area contributed by atoms with E-state index in [1.165, 1.54) is 17.1 Å². The van der Waals surface area contributed by atoms with E-state index in [9.17, 15) is 29.1 Å². The number of aliphatic hydroxyl groups is 1. The van der Waals surface area contributed by atoms with Crippen LogP contribution in [0.3, 0.4) is 0 Å². The number of ether oxygens (including phenoxy) is 3. The summed E-state index contributed by atoms with van der Waals surface area (Å²) in [6, 6.07) is 0. The quantitative estimate of drug-likeness (QED) is 0.218. The number of esters is 2. The van der Waals surface area contributed by atoms with Gasteiger partial charge in [0.1, 0.15) is 18.0 Å². The molecule has 11 nitrogen and oxygen atoms in total. The van der Waals surface area contributed by atoms with Crippen LogP contribution in [0.25, 0.3) is 6.08 Å². The number of Topliss-reactive ketones (excluding diaryl/α,β-unsaturated/α-hetero) is 1. The third-order valence-corrected chi connectivity index (χ3v) is 12.5. The smallest absolute Gasteiger partial charge is 0.309 e. The highest BCUT2D eigenvalue weighted by Gasteiger charge is 2.53. The van der Waals surface area contributed by atoms with E-state index in [2.05, 4.69) is 11.9 Å². The molecule has 0 spiro atoms. The molecule has 7 atom stereocenters. The lowest BCUT2D eigenvalue weighted by atomic mass is 9.72. The molecule has 51 heavy (non-hydrogen) atoms. The summed E-state index contributed by atoms with van der Waals surface area (Å²) in [4.78, 5) is 71.0. The summed E-state index contributed by atoms with van der Waals surface area (Å²) >= 11 is 1.54. The van der Waals surface area contributed by atoms with Crippen LogP contribution in [0.4, 0.5) is 0 Å². The van der Waals surface area contributed by atoms with Gasteiger partial charge in [-0.15, -0.1) is 11.3 Å². The van der Waals surface area contributed by atoms with E-state index in [1.807, 2.05) is 32.2 Å². The summed E-state index contributed by atoms with van der Waals surface area (Å²) in [6.45, 7) is 13.2. The van der Waals surface area contributed by atoms with Crippen LogP contribution < -0.4 is 0 Å². The fourth-order valence-corrected chi connectivity index (χ4v) is 8.52. The molecule has 0 radical (unpaired) electrons. The highest BCUT2D eigenvalue weighted by atomic mass is 32.1. The van der Waals surface area contributed by atoms with E-state index < -0.39 is 41.2 Å². The summed E-state index contributed by atoms with van der Waals surface area (Å²) in [5.41, 5.74) is -0.103. The van der Waals surface area contributed by atoms with Crippen molar-refractivity contribution < 1.29 is 43.3 Å². The Hall–Kier alpha value is -3.22. The first-order chi connectivity index (χ1) is 24.0. The summed E-state index contributed by atoms with van der Waals surface area (Å²) in [7, 11) is 0. The number of epoxide rings is 1. The Labute approximate surface area is 305 Å². The van der Waals surface area contributed by atoms with Gasteiger partial charge in [-0.2, -0.15) is 0 Å². The number of carbonyl (C=O) groups excluding carboxylic acids is 5. The van der Waals surface area contributed by atoms with Gasteiger partial charge < -0.3 is 19.3 Å². The van der Waals surface area contributed by atoms with Crippen LogP contribution in [0, 0.1) is 36.0 Å². The third-order valence-electron chi connectivity index (χ3n) is 11.7.